The van der Waals surface area contributed by atoms with Crippen molar-refractivity contribution >= 4 is 16.6 Å². The number of nitrogens with two attached hydrogens (primary N) is 1. The SMILES string of the molecule is Cc1nn(C)c(C)c1-c1n[nH]c2cc(N)ccc12. The number of nitrogen functional groups attached to an aromatic ring is 1. The highest BCUT2D eigenvalue weighted by atomic mass is 15.3. The second kappa shape index (κ2) is 3.60. The summed E-state index contributed by atoms with van der Waals surface area (Å²) in [6.45, 7) is 4.05. The summed E-state index contributed by atoms with van der Waals surface area (Å²) in [5.41, 5.74) is 11.6. The molecule has 0 bridgehead atoms. The standard InChI is InChI=1S/C13H15N5/c1-7-12(8(2)18(3)17-7)13-10-5-4-9(14)6-11(10)15-16-13/h4-6H,14H2,1-3H3,(H,15,16). The smallest absolute Gasteiger partial charge is 0.104 e. The number of fused-ring (bicyclic) bond motifs is 1. The van der Waals surface area contributed by atoms with Gasteiger partial charge >= 0.3 is 0 Å². The van der Waals surface area contributed by atoms with Crippen molar-refractivity contribution in [2.45, 2.75) is 13.8 Å². The monoisotopic (exact) mass is 241 g/mol. The first kappa shape index (κ1) is 10.8. The summed E-state index contributed by atoms with van der Waals surface area (Å²) in [5.74, 6) is 0. The summed E-state index contributed by atoms with van der Waals surface area (Å²) in [7, 11) is 1.94. The lowest BCUT2D eigenvalue weighted by Crippen LogP contribution is -1.92. The molecule has 0 saturated carbocycles. The molecule has 2 heterocycles. The molecule has 0 aliphatic rings. The maximum Gasteiger partial charge on any atom is 0.104 e. The molecule has 3 rings (SSSR count). The van der Waals surface area contributed by atoms with Gasteiger partial charge in [-0.15, -0.1) is 0 Å². The van der Waals surface area contributed by atoms with Crippen molar-refractivity contribution in [3.05, 3.63) is 29.6 Å². The Hall–Kier alpha value is -2.30. The molecular weight excluding hydrogens is 226 g/mol. The van der Waals surface area contributed by atoms with Gasteiger partial charge < -0.3 is 5.73 Å². The van der Waals surface area contributed by atoms with Crippen LogP contribution in [0, 0.1) is 13.8 Å². The quantitative estimate of drug-likeness (QED) is 0.641. The number of nitrogens with zero attached hydrogens (tertiary/aromatic N) is 3. The van der Waals surface area contributed by atoms with E-state index >= 15 is 0 Å². The fourth-order valence-corrected chi connectivity index (χ4v) is 2.34. The van der Waals surface area contributed by atoms with Gasteiger partial charge in [0.05, 0.1) is 11.2 Å². The van der Waals surface area contributed by atoms with Crippen LogP contribution in [0.15, 0.2) is 18.2 Å². The van der Waals surface area contributed by atoms with E-state index in [1.807, 2.05) is 43.8 Å². The molecule has 5 nitrogen and oxygen atoms in total. The molecule has 0 saturated heterocycles. The Morgan fingerprint density at radius 1 is 1.28 bits per heavy atom. The van der Waals surface area contributed by atoms with E-state index in [0.717, 1.165) is 39.2 Å². The lowest BCUT2D eigenvalue weighted by atomic mass is 10.1. The van der Waals surface area contributed by atoms with Crippen LogP contribution in [0.4, 0.5) is 5.69 Å². The number of nitrogens with one attached hydrogen (secondary N) is 1. The zero-order chi connectivity index (χ0) is 12.9. The van der Waals surface area contributed by atoms with Crippen molar-refractivity contribution < 1.29 is 0 Å². The van der Waals surface area contributed by atoms with Crippen LogP contribution in [0.1, 0.15) is 11.4 Å². The first-order valence-corrected chi connectivity index (χ1v) is 5.82. The van der Waals surface area contributed by atoms with Crippen LogP contribution in [0.5, 0.6) is 0 Å². The van der Waals surface area contributed by atoms with Gasteiger partial charge in [0, 0.05) is 29.4 Å². The first-order chi connectivity index (χ1) is 8.58. The van der Waals surface area contributed by atoms with Crippen LogP contribution in [0.25, 0.3) is 22.2 Å². The number of aromatic amines is 1. The van der Waals surface area contributed by atoms with Crippen molar-refractivity contribution in [2.75, 3.05) is 5.73 Å². The fraction of sp³-hybridized carbons (Fsp3) is 0.231. The lowest BCUT2D eigenvalue weighted by molar-refractivity contribution is 0.731. The van der Waals surface area contributed by atoms with E-state index in [1.54, 1.807) is 0 Å². The molecular formula is C13H15N5. The molecule has 0 atom stereocenters. The molecule has 1 aromatic carbocycles. The normalized spacial score (nSPS) is 11.3. The van der Waals surface area contributed by atoms with E-state index in [0.29, 0.717) is 0 Å². The Balaban J connectivity index is 2.32. The first-order valence-electron chi connectivity index (χ1n) is 5.82. The van der Waals surface area contributed by atoms with Gasteiger partial charge in [0.15, 0.2) is 0 Å². The van der Waals surface area contributed by atoms with E-state index in [4.69, 9.17) is 5.73 Å². The average molecular weight is 241 g/mol. The van der Waals surface area contributed by atoms with Crippen LogP contribution in [0.2, 0.25) is 0 Å². The third-order valence-corrected chi connectivity index (χ3v) is 3.33. The number of hydrogen-bond acceptors (Lipinski definition) is 3. The second-order valence-corrected chi connectivity index (χ2v) is 4.55. The zero-order valence-electron chi connectivity index (χ0n) is 10.7. The molecule has 3 N–H and O–H groups in total. The summed E-state index contributed by atoms with van der Waals surface area (Å²) < 4.78 is 1.88. The summed E-state index contributed by atoms with van der Waals surface area (Å²) in [6, 6.07) is 5.78. The van der Waals surface area contributed by atoms with Gasteiger partial charge in [-0.25, -0.2) is 0 Å². The number of H-pyrrole nitrogens is 1. The van der Waals surface area contributed by atoms with Crippen molar-refractivity contribution in [1.82, 2.24) is 20.0 Å². The van der Waals surface area contributed by atoms with Crippen LogP contribution in [0.3, 0.4) is 0 Å². The van der Waals surface area contributed by atoms with Gasteiger partial charge in [0.1, 0.15) is 5.69 Å². The third-order valence-electron chi connectivity index (χ3n) is 3.33. The number of hydrogen-bond donors (Lipinski definition) is 2. The van der Waals surface area contributed by atoms with Crippen molar-refractivity contribution in [3.63, 3.8) is 0 Å². The minimum Gasteiger partial charge on any atom is -0.399 e. The minimum absolute atomic E-state index is 0.734. The summed E-state index contributed by atoms with van der Waals surface area (Å²) in [5, 5.41) is 12.9. The van der Waals surface area contributed by atoms with Gasteiger partial charge in [0.25, 0.3) is 0 Å². The zero-order valence-corrected chi connectivity index (χ0v) is 10.7. The number of aryl methyl sites for hydroxylation is 2. The molecule has 18 heavy (non-hydrogen) atoms. The van der Waals surface area contributed by atoms with E-state index in [-0.39, 0.29) is 0 Å². The molecule has 2 aromatic heterocycles. The Kier molecular flexibility index (Phi) is 2.16. The van der Waals surface area contributed by atoms with Crippen LogP contribution < -0.4 is 5.73 Å². The fourth-order valence-electron chi connectivity index (χ4n) is 2.34. The van der Waals surface area contributed by atoms with Crippen molar-refractivity contribution in [3.8, 4) is 11.3 Å². The maximum atomic E-state index is 5.77. The summed E-state index contributed by atoms with van der Waals surface area (Å²) >= 11 is 0. The van der Waals surface area contributed by atoms with Crippen molar-refractivity contribution in [2.24, 2.45) is 7.05 Å². The van der Waals surface area contributed by atoms with Gasteiger partial charge in [-0.3, -0.25) is 9.78 Å². The molecule has 0 spiro atoms. The molecule has 0 fully saturated rings. The molecule has 92 valence electrons. The van der Waals surface area contributed by atoms with E-state index < -0.39 is 0 Å². The Labute approximate surface area is 105 Å². The van der Waals surface area contributed by atoms with Gasteiger partial charge in [-0.2, -0.15) is 10.2 Å². The lowest BCUT2D eigenvalue weighted by Gasteiger charge is -1.99. The molecule has 3 aromatic rings. The topological polar surface area (TPSA) is 72.5 Å². The number of aromatic nitrogens is 4. The number of rotatable bonds is 1. The molecule has 5 heteroatoms. The Morgan fingerprint density at radius 3 is 2.72 bits per heavy atom. The van der Waals surface area contributed by atoms with Gasteiger partial charge in [-0.05, 0) is 32.0 Å². The van der Waals surface area contributed by atoms with E-state index in [1.165, 1.54) is 0 Å². The van der Waals surface area contributed by atoms with Crippen LogP contribution >= 0.6 is 0 Å². The number of anilines is 1. The van der Waals surface area contributed by atoms with Gasteiger partial charge in [0.2, 0.25) is 0 Å². The largest absolute Gasteiger partial charge is 0.399 e. The maximum absolute atomic E-state index is 5.77. The van der Waals surface area contributed by atoms with Crippen LogP contribution in [-0.4, -0.2) is 20.0 Å². The number of benzene rings is 1. The molecule has 0 amide bonds. The highest BCUT2D eigenvalue weighted by molar-refractivity contribution is 5.95. The van der Waals surface area contributed by atoms with Crippen molar-refractivity contribution in [1.29, 1.82) is 0 Å². The third kappa shape index (κ3) is 1.40. The molecule has 0 unspecified atom stereocenters. The summed E-state index contributed by atoms with van der Waals surface area (Å²) in [6.07, 6.45) is 0. The van der Waals surface area contributed by atoms with E-state index in [2.05, 4.69) is 15.3 Å². The van der Waals surface area contributed by atoms with Gasteiger partial charge in [-0.1, -0.05) is 0 Å². The average Bonchev–Trinajstić information content (AvgIpc) is 2.81. The predicted molar refractivity (Wildman–Crippen MR) is 72.2 cm³/mol. The second-order valence-electron chi connectivity index (χ2n) is 4.55. The minimum atomic E-state index is 0.734. The predicted octanol–water partition coefficient (Wildman–Crippen LogP) is 2.16. The highest BCUT2D eigenvalue weighted by Crippen LogP contribution is 2.31. The molecule has 0 aliphatic heterocycles. The van der Waals surface area contributed by atoms with Crippen LogP contribution in [-0.2, 0) is 7.05 Å². The summed E-state index contributed by atoms with van der Waals surface area (Å²) in [4.78, 5) is 0. The highest BCUT2D eigenvalue weighted by Gasteiger charge is 2.16. The Bertz CT molecular complexity index is 735. The molecule has 0 aliphatic carbocycles. The van der Waals surface area contributed by atoms with E-state index in [9.17, 15) is 0 Å². The molecule has 0 radical (unpaired) electrons. The Morgan fingerprint density at radius 2 is 2.06 bits per heavy atom.